The van der Waals surface area contributed by atoms with Crippen LogP contribution in [0.3, 0.4) is 0 Å². The molecule has 9 N–H and O–H groups in total. The van der Waals surface area contributed by atoms with Gasteiger partial charge in [-0.1, -0.05) is 6.92 Å². The first-order valence-electron chi connectivity index (χ1n) is 8.48. The van der Waals surface area contributed by atoms with Gasteiger partial charge in [0.1, 0.15) is 0 Å². The third-order valence-corrected chi connectivity index (χ3v) is 2.98. The number of aliphatic carboxylic acids is 5. The van der Waals surface area contributed by atoms with Crippen molar-refractivity contribution in [2.45, 2.75) is 44.8 Å². The maximum atomic E-state index is 10.4. The highest BCUT2D eigenvalue weighted by molar-refractivity contribution is 6.02. The van der Waals surface area contributed by atoms with Gasteiger partial charge in [-0.05, 0) is 6.42 Å². The van der Waals surface area contributed by atoms with Crippen molar-refractivity contribution < 1.29 is 64.5 Å². The average Bonchev–Trinajstić information content (AvgIpc) is 2.88. The molecular formula is C16H27N3O13. The van der Waals surface area contributed by atoms with E-state index in [1.807, 2.05) is 0 Å². The maximum Gasteiger partial charge on any atom is 0.336 e. The number of aliphatic hydroxyl groups excluding tert-OH is 1. The zero-order valence-corrected chi connectivity index (χ0v) is 17.4. The Morgan fingerprint density at radius 2 is 1.44 bits per heavy atom. The maximum absolute atomic E-state index is 10.4. The Balaban J connectivity index is -0.000000380. The van der Waals surface area contributed by atoms with E-state index in [0.717, 1.165) is 6.92 Å². The largest absolute Gasteiger partial charge is 0.481 e. The molecule has 0 bridgehead atoms. The molecule has 0 saturated carbocycles. The smallest absolute Gasteiger partial charge is 0.336 e. The molecule has 16 heteroatoms. The Hall–Kier alpha value is -3.79. The van der Waals surface area contributed by atoms with E-state index < -0.39 is 54.4 Å². The summed E-state index contributed by atoms with van der Waals surface area (Å²) in [5.41, 5.74) is -2.74. The van der Waals surface area contributed by atoms with E-state index in [0.29, 0.717) is 6.54 Å². The van der Waals surface area contributed by atoms with Crippen LogP contribution in [0.15, 0.2) is 0 Å². The molecule has 1 unspecified atom stereocenters. The lowest BCUT2D eigenvalue weighted by atomic mass is 9.96. The Morgan fingerprint density at radius 1 is 1.06 bits per heavy atom. The van der Waals surface area contributed by atoms with Crippen LogP contribution >= 0.6 is 0 Å². The minimum absolute atomic E-state index is 0.0995. The van der Waals surface area contributed by atoms with Gasteiger partial charge >= 0.3 is 23.9 Å². The Bertz CT molecular complexity index is 687. The van der Waals surface area contributed by atoms with Gasteiger partial charge in [-0.3, -0.25) is 29.9 Å². The molecule has 1 amide bonds. The van der Waals surface area contributed by atoms with Crippen molar-refractivity contribution in [3.8, 4) is 0 Å². The van der Waals surface area contributed by atoms with Crippen molar-refractivity contribution in [2.24, 2.45) is 0 Å². The summed E-state index contributed by atoms with van der Waals surface area (Å²) in [6.45, 7) is 3.01. The summed E-state index contributed by atoms with van der Waals surface area (Å²) >= 11 is 0. The van der Waals surface area contributed by atoms with Crippen LogP contribution in [0.1, 0.15) is 33.1 Å². The van der Waals surface area contributed by atoms with E-state index >= 15 is 0 Å². The number of likely N-dealkylation sites (N-methyl/N-ethyl adjacent to an activating group) is 1. The Labute approximate surface area is 181 Å². The molecule has 0 aromatic carbocycles. The second-order valence-corrected chi connectivity index (χ2v) is 6.01. The number of hydrogen-bond donors (Lipinski definition) is 9. The van der Waals surface area contributed by atoms with Crippen LogP contribution < -0.4 is 5.32 Å². The molecule has 1 saturated heterocycles. The first-order chi connectivity index (χ1) is 14.4. The normalized spacial score (nSPS) is 13.0. The zero-order chi connectivity index (χ0) is 26.2. The number of nitrogens with one attached hydrogen (secondary N) is 2. The number of aliphatic hydroxyl groups is 2. The van der Waals surface area contributed by atoms with Crippen molar-refractivity contribution in [1.82, 2.24) is 10.2 Å². The quantitative estimate of drug-likeness (QED) is 0.189. The van der Waals surface area contributed by atoms with E-state index in [1.54, 1.807) is 18.9 Å². The average molecular weight is 469 g/mol. The number of carboxylic acids is 5. The highest BCUT2D eigenvalue weighted by Crippen LogP contribution is 2.15. The summed E-state index contributed by atoms with van der Waals surface area (Å²) in [6.07, 6.45) is -3.20. The standard InChI is InChI=1S/C6H8O7.C4H7N3O.C4H8O3.C2H4O2/c7-3(8)1-6(13,5(11)12)2-4(9)10;1-7-2-3(8)6-4(7)5;1-2-3(5)4(6)7;1-2(3)4/h13H,1-2H2,(H,7,8)(H,9,10)(H,11,12);2H2,1H3,(H2,5,6,8);3,5H,2H2,1H3,(H,6,7);1H3,(H,3,4). The number of nitrogens with zero attached hydrogens (tertiary/aromatic N) is 1. The first kappa shape index (κ1) is 32.9. The molecule has 1 fully saturated rings. The van der Waals surface area contributed by atoms with Crippen molar-refractivity contribution in [3.63, 3.8) is 0 Å². The SMILES string of the molecule is CC(=O)O.CCC(O)C(=O)O.CN1CC(=O)NC1=N.O=C(O)CC(O)(CC(=O)O)C(=O)O. The molecule has 0 aliphatic carbocycles. The topological polar surface area (TPSA) is 283 Å². The number of carbonyl (C=O) groups excluding carboxylic acids is 1. The van der Waals surface area contributed by atoms with Crippen LogP contribution in [-0.4, -0.2) is 108 Å². The minimum Gasteiger partial charge on any atom is -0.481 e. The number of hydrogen-bond acceptors (Lipinski definition) is 9. The third kappa shape index (κ3) is 18.3. The second kappa shape index (κ2) is 16.0. The fraction of sp³-hybridized carbons (Fsp3) is 0.562. The highest BCUT2D eigenvalue weighted by atomic mass is 16.4. The Kier molecular flexibility index (Phi) is 16.4. The van der Waals surface area contributed by atoms with Crippen LogP contribution in [0.5, 0.6) is 0 Å². The molecule has 16 nitrogen and oxygen atoms in total. The second-order valence-electron chi connectivity index (χ2n) is 6.01. The van der Waals surface area contributed by atoms with Crippen LogP contribution in [0.25, 0.3) is 0 Å². The van der Waals surface area contributed by atoms with Gasteiger partial charge in [-0.2, -0.15) is 0 Å². The fourth-order valence-electron chi connectivity index (χ4n) is 1.45. The predicted octanol–water partition coefficient (Wildman–Crippen LogP) is -2.33. The number of carboxylic acid groups (broad SMARTS) is 5. The molecule has 1 heterocycles. The van der Waals surface area contributed by atoms with Gasteiger partial charge in [0.2, 0.25) is 5.91 Å². The summed E-state index contributed by atoms with van der Waals surface area (Å²) in [4.78, 5) is 61.1. The van der Waals surface area contributed by atoms with E-state index in [9.17, 15) is 24.0 Å². The molecular weight excluding hydrogens is 442 g/mol. The molecule has 32 heavy (non-hydrogen) atoms. The zero-order valence-electron chi connectivity index (χ0n) is 17.4. The van der Waals surface area contributed by atoms with Crippen LogP contribution in [-0.2, 0) is 28.8 Å². The third-order valence-electron chi connectivity index (χ3n) is 2.98. The van der Waals surface area contributed by atoms with Gasteiger partial charge in [0.15, 0.2) is 17.7 Å². The number of guanidine groups is 1. The first-order valence-corrected chi connectivity index (χ1v) is 8.48. The lowest BCUT2D eigenvalue weighted by Gasteiger charge is -2.18. The van der Waals surface area contributed by atoms with Gasteiger partial charge in [-0.15, -0.1) is 0 Å². The van der Waals surface area contributed by atoms with Crippen molar-refractivity contribution in [3.05, 3.63) is 0 Å². The van der Waals surface area contributed by atoms with Gasteiger partial charge < -0.3 is 40.6 Å². The fourth-order valence-corrected chi connectivity index (χ4v) is 1.45. The van der Waals surface area contributed by atoms with E-state index in [4.69, 9.17) is 45.9 Å². The molecule has 0 aromatic heterocycles. The number of amides is 1. The summed E-state index contributed by atoms with van der Waals surface area (Å²) in [6, 6.07) is 0. The lowest BCUT2D eigenvalue weighted by molar-refractivity contribution is -0.170. The molecule has 0 radical (unpaired) electrons. The van der Waals surface area contributed by atoms with Gasteiger partial charge in [0.25, 0.3) is 5.97 Å². The van der Waals surface area contributed by atoms with Gasteiger partial charge in [0.05, 0.1) is 19.4 Å². The summed E-state index contributed by atoms with van der Waals surface area (Å²) in [5, 5.41) is 66.8. The minimum atomic E-state index is -2.74. The summed E-state index contributed by atoms with van der Waals surface area (Å²) < 4.78 is 0. The number of carbonyl (C=O) groups is 6. The number of rotatable bonds is 7. The lowest BCUT2D eigenvalue weighted by Crippen LogP contribution is -2.42. The molecule has 1 rings (SSSR count). The van der Waals surface area contributed by atoms with Crippen molar-refractivity contribution in [2.75, 3.05) is 13.6 Å². The van der Waals surface area contributed by atoms with Crippen LogP contribution in [0.2, 0.25) is 0 Å². The van der Waals surface area contributed by atoms with Crippen LogP contribution in [0, 0.1) is 5.41 Å². The predicted molar refractivity (Wildman–Crippen MR) is 103 cm³/mol. The molecule has 1 aliphatic rings. The monoisotopic (exact) mass is 469 g/mol. The molecule has 0 spiro atoms. The molecule has 1 atom stereocenters. The Morgan fingerprint density at radius 3 is 1.53 bits per heavy atom. The molecule has 184 valence electrons. The van der Waals surface area contributed by atoms with Crippen LogP contribution in [0.4, 0.5) is 0 Å². The van der Waals surface area contributed by atoms with Gasteiger partial charge in [0, 0.05) is 14.0 Å². The van der Waals surface area contributed by atoms with E-state index in [1.165, 1.54) is 0 Å². The highest BCUT2D eigenvalue weighted by Gasteiger charge is 2.40. The summed E-state index contributed by atoms with van der Waals surface area (Å²) in [5.74, 6) is -6.91. The van der Waals surface area contributed by atoms with E-state index in [-0.39, 0.29) is 18.3 Å². The molecule has 1 aliphatic heterocycles. The van der Waals surface area contributed by atoms with Gasteiger partial charge in [-0.25, -0.2) is 9.59 Å². The molecule has 0 aromatic rings. The van der Waals surface area contributed by atoms with E-state index in [2.05, 4.69) is 5.32 Å². The van der Waals surface area contributed by atoms with Crippen molar-refractivity contribution >= 4 is 41.7 Å². The van der Waals surface area contributed by atoms with Crippen molar-refractivity contribution in [1.29, 1.82) is 5.41 Å². The summed E-state index contributed by atoms with van der Waals surface area (Å²) in [7, 11) is 1.69.